The van der Waals surface area contributed by atoms with Crippen molar-refractivity contribution in [1.82, 2.24) is 0 Å². The predicted octanol–water partition coefficient (Wildman–Crippen LogP) is 9.64. The highest BCUT2D eigenvalue weighted by Crippen LogP contribution is 2.20. The summed E-state index contributed by atoms with van der Waals surface area (Å²) in [6, 6.07) is 21.9. The van der Waals surface area contributed by atoms with Crippen molar-refractivity contribution in [2.45, 2.75) is 97.3 Å². The lowest BCUT2D eigenvalue weighted by Gasteiger charge is -2.12. The molecule has 0 unspecified atom stereocenters. The predicted molar refractivity (Wildman–Crippen MR) is 158 cm³/mol. The lowest BCUT2D eigenvalue weighted by Crippen LogP contribution is -2.15. The van der Waals surface area contributed by atoms with Crippen LogP contribution in [-0.4, -0.2) is 23.7 Å². The van der Waals surface area contributed by atoms with Crippen LogP contribution in [0.3, 0.4) is 0 Å². The summed E-state index contributed by atoms with van der Waals surface area (Å²) < 4.78 is 5.35. The van der Waals surface area contributed by atoms with Crippen molar-refractivity contribution < 1.29 is 19.4 Å². The topological polar surface area (TPSA) is 63.6 Å². The van der Waals surface area contributed by atoms with Gasteiger partial charge in [-0.15, -0.1) is 0 Å². The fourth-order valence-electron chi connectivity index (χ4n) is 4.58. The van der Waals surface area contributed by atoms with Crippen LogP contribution in [0, 0.1) is 0 Å². The Labute approximate surface area is 229 Å². The van der Waals surface area contributed by atoms with Gasteiger partial charge in [-0.25, -0.2) is 9.59 Å². The van der Waals surface area contributed by atoms with Gasteiger partial charge in [0.2, 0.25) is 0 Å². The molecule has 3 aromatic carbocycles. The molecule has 3 aromatic rings. The van der Waals surface area contributed by atoms with E-state index in [0.29, 0.717) is 13.0 Å². The monoisotopic (exact) mass is 518 g/mol. The minimum absolute atomic E-state index is 0.115. The van der Waals surface area contributed by atoms with Crippen LogP contribution in [-0.2, 0) is 11.2 Å². The van der Waals surface area contributed by atoms with Gasteiger partial charge in [-0.3, -0.25) is 0 Å². The number of unbranched alkanes of at least 4 members (excludes halogenated alkanes) is 10. The molecule has 206 valence electrons. The molecule has 0 aliphatic rings. The van der Waals surface area contributed by atoms with Gasteiger partial charge in [-0.05, 0) is 41.7 Å². The van der Waals surface area contributed by atoms with Crippen molar-refractivity contribution in [3.8, 4) is 0 Å². The number of hydrogen-bond donors (Lipinski definition) is 1. The summed E-state index contributed by atoms with van der Waals surface area (Å²) >= 11 is 0. The summed E-state index contributed by atoms with van der Waals surface area (Å²) in [6.07, 6.45) is 14.3. The number of aromatic carboxylic acids is 1. The molecular weight excluding hydrogens is 472 g/mol. The quantitative estimate of drug-likeness (QED) is 0.151. The molecule has 38 heavy (non-hydrogen) atoms. The number of ether oxygens (including phenoxy) is 1. The molecule has 0 bridgehead atoms. The number of aryl methyl sites for hydroxylation is 1. The molecule has 1 N–H and O–H groups in total. The molecule has 3 rings (SSSR count). The molecule has 0 spiro atoms. The standard InChI is InChI=1S/C24H38O4.C10H8/c1-3-5-7-9-11-13-16-20-17-15-18-21(22(20)23(25)26)24(27)28-19-14-12-10-8-6-4-2;1-2-6-10-8-4-3-7-9(10)5-1/h15,17-18H,3-14,16,19H2,1-2H3,(H,25,26);1-8H. The fraction of sp³-hybridized carbons (Fsp3) is 0.471. The third-order valence-corrected chi connectivity index (χ3v) is 6.77. The minimum Gasteiger partial charge on any atom is -0.478 e. The molecule has 0 saturated carbocycles. The third-order valence-electron chi connectivity index (χ3n) is 6.77. The Balaban J connectivity index is 0.000000415. The second-order valence-electron chi connectivity index (χ2n) is 9.91. The Bertz CT molecular complexity index is 1020. The summed E-state index contributed by atoms with van der Waals surface area (Å²) in [5, 5.41) is 12.3. The molecule has 0 atom stereocenters. The molecule has 0 saturated heterocycles. The number of carboxylic acids is 1. The van der Waals surface area contributed by atoms with E-state index in [2.05, 4.69) is 62.4 Å². The van der Waals surface area contributed by atoms with E-state index in [9.17, 15) is 14.7 Å². The van der Waals surface area contributed by atoms with Gasteiger partial charge < -0.3 is 9.84 Å². The van der Waals surface area contributed by atoms with Crippen LogP contribution in [0.1, 0.15) is 117 Å². The van der Waals surface area contributed by atoms with E-state index in [0.717, 1.165) is 37.7 Å². The zero-order valence-electron chi connectivity index (χ0n) is 23.4. The Morgan fingerprint density at radius 1 is 0.632 bits per heavy atom. The van der Waals surface area contributed by atoms with Crippen molar-refractivity contribution in [3.63, 3.8) is 0 Å². The van der Waals surface area contributed by atoms with E-state index in [1.165, 1.54) is 55.7 Å². The summed E-state index contributed by atoms with van der Waals surface area (Å²) in [4.78, 5) is 24.2. The Kier molecular flexibility index (Phi) is 15.5. The lowest BCUT2D eigenvalue weighted by molar-refractivity contribution is 0.0487. The van der Waals surface area contributed by atoms with Crippen molar-refractivity contribution in [2.75, 3.05) is 6.61 Å². The fourth-order valence-corrected chi connectivity index (χ4v) is 4.58. The van der Waals surface area contributed by atoms with E-state index in [1.807, 2.05) is 6.07 Å². The Hall–Kier alpha value is -3.14. The molecule has 0 aliphatic heterocycles. The summed E-state index contributed by atoms with van der Waals surface area (Å²) in [7, 11) is 0. The molecule has 0 fully saturated rings. The largest absolute Gasteiger partial charge is 0.478 e. The second-order valence-corrected chi connectivity index (χ2v) is 9.91. The smallest absolute Gasteiger partial charge is 0.339 e. The molecule has 0 heterocycles. The Morgan fingerprint density at radius 2 is 1.13 bits per heavy atom. The molecule has 0 aliphatic carbocycles. The lowest BCUT2D eigenvalue weighted by atomic mass is 9.96. The maximum Gasteiger partial charge on any atom is 0.339 e. The average Bonchev–Trinajstić information content (AvgIpc) is 2.94. The van der Waals surface area contributed by atoms with Gasteiger partial charge in [0.05, 0.1) is 17.7 Å². The van der Waals surface area contributed by atoms with Gasteiger partial charge in [-0.2, -0.15) is 0 Å². The average molecular weight is 519 g/mol. The van der Waals surface area contributed by atoms with E-state index < -0.39 is 11.9 Å². The zero-order valence-corrected chi connectivity index (χ0v) is 23.4. The minimum atomic E-state index is -1.05. The van der Waals surface area contributed by atoms with Crippen LogP contribution in [0.25, 0.3) is 10.8 Å². The molecule has 0 amide bonds. The van der Waals surface area contributed by atoms with E-state index in [1.54, 1.807) is 12.1 Å². The summed E-state index contributed by atoms with van der Waals surface area (Å²) in [6.45, 7) is 4.73. The van der Waals surface area contributed by atoms with Crippen molar-refractivity contribution in [2.24, 2.45) is 0 Å². The number of hydrogen-bond acceptors (Lipinski definition) is 3. The number of esters is 1. The number of carbonyl (C=O) groups is 2. The highest BCUT2D eigenvalue weighted by atomic mass is 16.5. The van der Waals surface area contributed by atoms with Gasteiger partial charge in [0.15, 0.2) is 0 Å². The van der Waals surface area contributed by atoms with Crippen LogP contribution in [0.15, 0.2) is 66.7 Å². The highest BCUT2D eigenvalue weighted by molar-refractivity contribution is 6.03. The van der Waals surface area contributed by atoms with E-state index in [4.69, 9.17) is 4.74 Å². The number of carboxylic acid groups (broad SMARTS) is 1. The zero-order chi connectivity index (χ0) is 27.4. The van der Waals surface area contributed by atoms with E-state index in [-0.39, 0.29) is 11.1 Å². The molecule has 4 nitrogen and oxygen atoms in total. The SMILES string of the molecule is CCCCCCCCOC(=O)c1cccc(CCCCCCCC)c1C(=O)O.c1ccc2ccccc2c1. The van der Waals surface area contributed by atoms with Crippen LogP contribution in [0.5, 0.6) is 0 Å². The summed E-state index contributed by atoms with van der Waals surface area (Å²) in [5.41, 5.74) is 1.03. The van der Waals surface area contributed by atoms with Crippen LogP contribution in [0.4, 0.5) is 0 Å². The first kappa shape index (κ1) is 31.1. The third kappa shape index (κ3) is 11.5. The van der Waals surface area contributed by atoms with Gasteiger partial charge in [0.1, 0.15) is 0 Å². The van der Waals surface area contributed by atoms with Gasteiger partial charge in [0, 0.05) is 0 Å². The van der Waals surface area contributed by atoms with Gasteiger partial charge >= 0.3 is 11.9 Å². The van der Waals surface area contributed by atoms with Gasteiger partial charge in [0.25, 0.3) is 0 Å². The molecule has 0 aromatic heterocycles. The number of benzene rings is 3. The first-order chi connectivity index (χ1) is 18.6. The highest BCUT2D eigenvalue weighted by Gasteiger charge is 2.21. The normalized spacial score (nSPS) is 10.6. The molecular formula is C34H46O4. The number of rotatable bonds is 16. The number of carbonyl (C=O) groups excluding carboxylic acids is 1. The molecule has 4 heteroatoms. The first-order valence-electron chi connectivity index (χ1n) is 14.5. The Morgan fingerprint density at radius 3 is 1.66 bits per heavy atom. The van der Waals surface area contributed by atoms with Gasteiger partial charge in [-0.1, -0.05) is 139 Å². The maximum absolute atomic E-state index is 12.4. The van der Waals surface area contributed by atoms with Crippen molar-refractivity contribution in [3.05, 3.63) is 83.4 Å². The van der Waals surface area contributed by atoms with E-state index >= 15 is 0 Å². The second kappa shape index (κ2) is 19.0. The van der Waals surface area contributed by atoms with Crippen LogP contribution < -0.4 is 0 Å². The first-order valence-corrected chi connectivity index (χ1v) is 14.5. The maximum atomic E-state index is 12.4. The molecule has 0 radical (unpaired) electrons. The summed E-state index contributed by atoms with van der Waals surface area (Å²) in [5.74, 6) is -1.57. The van der Waals surface area contributed by atoms with Crippen molar-refractivity contribution in [1.29, 1.82) is 0 Å². The number of fused-ring (bicyclic) bond motifs is 1. The van der Waals surface area contributed by atoms with Crippen LogP contribution >= 0.6 is 0 Å². The van der Waals surface area contributed by atoms with Crippen molar-refractivity contribution >= 4 is 22.7 Å². The van der Waals surface area contributed by atoms with Crippen LogP contribution in [0.2, 0.25) is 0 Å².